The zero-order chi connectivity index (χ0) is 16.0. The maximum Gasteiger partial charge on any atom is 0.133 e. The molecule has 0 saturated carbocycles. The number of hydrogen-bond donors (Lipinski definition) is 1. The predicted molar refractivity (Wildman–Crippen MR) is 93.8 cm³/mol. The maximum atomic E-state index is 12.3. The molecule has 3 aromatic rings. The molecule has 2 atom stereocenters. The number of hydrogen-bond acceptors (Lipinski definition) is 1. The molecule has 1 aliphatic rings. The average molecular weight is 303 g/mol. The summed E-state index contributed by atoms with van der Waals surface area (Å²) in [4.78, 5) is 15.9. The molecule has 0 spiro atoms. The first kappa shape index (κ1) is 14.3. The van der Waals surface area contributed by atoms with Gasteiger partial charge >= 0.3 is 0 Å². The van der Waals surface area contributed by atoms with Gasteiger partial charge in [-0.2, -0.15) is 0 Å². The van der Waals surface area contributed by atoms with Crippen molar-refractivity contribution >= 4 is 16.7 Å². The molecular formula is C21H21NO. The van der Waals surface area contributed by atoms with Gasteiger partial charge in [0.25, 0.3) is 0 Å². The highest BCUT2D eigenvalue weighted by Crippen LogP contribution is 2.40. The van der Waals surface area contributed by atoms with Crippen molar-refractivity contribution in [3.63, 3.8) is 0 Å². The van der Waals surface area contributed by atoms with Crippen LogP contribution in [0.4, 0.5) is 0 Å². The van der Waals surface area contributed by atoms with E-state index < -0.39 is 0 Å². The van der Waals surface area contributed by atoms with Crippen molar-refractivity contribution in [1.29, 1.82) is 0 Å². The van der Waals surface area contributed by atoms with Gasteiger partial charge in [0.15, 0.2) is 0 Å². The highest BCUT2D eigenvalue weighted by atomic mass is 16.1. The molecule has 0 radical (unpaired) electrons. The van der Waals surface area contributed by atoms with Crippen LogP contribution >= 0.6 is 0 Å². The van der Waals surface area contributed by atoms with Gasteiger partial charge in [-0.25, -0.2) is 0 Å². The van der Waals surface area contributed by atoms with Crippen molar-refractivity contribution in [2.24, 2.45) is 5.92 Å². The van der Waals surface area contributed by atoms with Crippen LogP contribution in [0.2, 0.25) is 0 Å². The average Bonchev–Trinajstić information content (AvgIpc) is 2.92. The number of Topliss-reactive ketones (excluding diaryl/α,β-unsaturated/α-hetero) is 1. The summed E-state index contributed by atoms with van der Waals surface area (Å²) in [7, 11) is 0. The van der Waals surface area contributed by atoms with E-state index in [0.717, 1.165) is 12.8 Å². The first-order valence-electron chi connectivity index (χ1n) is 8.29. The van der Waals surface area contributed by atoms with Gasteiger partial charge < -0.3 is 4.98 Å². The number of aromatic nitrogens is 1. The van der Waals surface area contributed by atoms with Gasteiger partial charge in [-0.15, -0.1) is 0 Å². The summed E-state index contributed by atoms with van der Waals surface area (Å²) in [5, 5.41) is 1.27. The molecule has 23 heavy (non-hydrogen) atoms. The molecule has 0 unspecified atom stereocenters. The Kier molecular flexibility index (Phi) is 3.33. The number of carbonyl (C=O) groups excluding carboxylic acids is 1. The summed E-state index contributed by atoms with van der Waals surface area (Å²) < 4.78 is 0. The molecule has 116 valence electrons. The van der Waals surface area contributed by atoms with Crippen molar-refractivity contribution in [3.8, 4) is 0 Å². The zero-order valence-corrected chi connectivity index (χ0v) is 13.6. The Morgan fingerprint density at radius 3 is 2.52 bits per heavy atom. The Labute approximate surface area is 136 Å². The molecule has 0 fully saturated rings. The van der Waals surface area contributed by atoms with E-state index in [1.54, 1.807) is 6.92 Å². The van der Waals surface area contributed by atoms with E-state index in [-0.39, 0.29) is 11.8 Å². The Balaban J connectivity index is 1.81. The maximum absolute atomic E-state index is 12.3. The number of nitrogens with one attached hydrogen (secondary N) is 1. The third-order valence-corrected chi connectivity index (χ3v) is 5.26. The first-order chi connectivity index (χ1) is 11.1. The number of rotatable bonds is 2. The normalized spacial score (nSPS) is 20.4. The lowest BCUT2D eigenvalue weighted by Gasteiger charge is -2.30. The Hall–Kier alpha value is -2.35. The van der Waals surface area contributed by atoms with Gasteiger partial charge in [-0.05, 0) is 49.8 Å². The van der Waals surface area contributed by atoms with E-state index in [2.05, 4.69) is 60.4 Å². The van der Waals surface area contributed by atoms with Gasteiger partial charge in [-0.3, -0.25) is 4.79 Å². The second-order valence-electron chi connectivity index (χ2n) is 6.77. The van der Waals surface area contributed by atoms with Crippen molar-refractivity contribution in [1.82, 2.24) is 4.98 Å². The topological polar surface area (TPSA) is 32.9 Å². The molecule has 2 nitrogen and oxygen atoms in total. The van der Waals surface area contributed by atoms with E-state index >= 15 is 0 Å². The van der Waals surface area contributed by atoms with Crippen LogP contribution in [-0.4, -0.2) is 10.8 Å². The number of carbonyl (C=O) groups is 1. The van der Waals surface area contributed by atoms with Crippen molar-refractivity contribution in [2.45, 2.75) is 32.6 Å². The monoisotopic (exact) mass is 303 g/mol. The van der Waals surface area contributed by atoms with Crippen LogP contribution in [-0.2, 0) is 17.6 Å². The Bertz CT molecular complexity index is 872. The number of benzene rings is 2. The van der Waals surface area contributed by atoms with Crippen LogP contribution in [0.3, 0.4) is 0 Å². The Morgan fingerprint density at radius 1 is 1.04 bits per heavy atom. The standard InChI is InChI=1S/C21H21NO/c1-13-7-9-15(10-8-13)18-12-21-19(11-17(18)14(2)23)16-5-3-4-6-20(16)22-21/h3-10,17-18,22H,11-12H2,1-2H3/t17-,18+/m0/s1. The van der Waals surface area contributed by atoms with E-state index in [1.165, 1.54) is 33.3 Å². The molecule has 1 N–H and O–H groups in total. The lowest BCUT2D eigenvalue weighted by Crippen LogP contribution is -2.28. The van der Waals surface area contributed by atoms with Crippen LogP contribution in [0.25, 0.3) is 10.9 Å². The van der Waals surface area contributed by atoms with Crippen LogP contribution in [0.5, 0.6) is 0 Å². The van der Waals surface area contributed by atoms with Gasteiger partial charge in [0, 0.05) is 22.5 Å². The number of para-hydroxylation sites is 1. The molecule has 2 aromatic carbocycles. The van der Waals surface area contributed by atoms with E-state index in [9.17, 15) is 4.79 Å². The summed E-state index contributed by atoms with van der Waals surface area (Å²) >= 11 is 0. The van der Waals surface area contributed by atoms with Crippen LogP contribution < -0.4 is 0 Å². The molecule has 4 rings (SSSR count). The molecular weight excluding hydrogens is 282 g/mol. The third kappa shape index (κ3) is 2.39. The lowest BCUT2D eigenvalue weighted by molar-refractivity contribution is -0.121. The number of aromatic amines is 1. The minimum Gasteiger partial charge on any atom is -0.358 e. The summed E-state index contributed by atoms with van der Waals surface area (Å²) in [6.07, 6.45) is 1.75. The zero-order valence-electron chi connectivity index (χ0n) is 13.6. The summed E-state index contributed by atoms with van der Waals surface area (Å²) in [5.41, 5.74) is 6.36. The predicted octanol–water partition coefficient (Wildman–Crippen LogP) is 4.56. The molecule has 2 heteroatoms. The molecule has 1 aliphatic carbocycles. The van der Waals surface area contributed by atoms with Crippen molar-refractivity contribution < 1.29 is 4.79 Å². The van der Waals surface area contributed by atoms with Gasteiger partial charge in [0.05, 0.1) is 0 Å². The van der Waals surface area contributed by atoms with Gasteiger partial charge in [-0.1, -0.05) is 48.0 Å². The van der Waals surface area contributed by atoms with Crippen LogP contribution in [0.1, 0.15) is 35.2 Å². The lowest BCUT2D eigenvalue weighted by atomic mass is 9.72. The number of aryl methyl sites for hydroxylation is 1. The first-order valence-corrected chi connectivity index (χ1v) is 8.29. The summed E-state index contributed by atoms with van der Waals surface area (Å²) in [6.45, 7) is 3.84. The van der Waals surface area contributed by atoms with E-state index in [4.69, 9.17) is 0 Å². The fourth-order valence-electron chi connectivity index (χ4n) is 3.98. The number of fused-ring (bicyclic) bond motifs is 3. The van der Waals surface area contributed by atoms with Crippen LogP contribution in [0.15, 0.2) is 48.5 Å². The fraction of sp³-hybridized carbons (Fsp3) is 0.286. The minimum absolute atomic E-state index is 0.0735. The molecule has 0 saturated heterocycles. The third-order valence-electron chi connectivity index (χ3n) is 5.26. The SMILES string of the molecule is CC(=O)[C@@H]1Cc2c([nH]c3ccccc23)C[C@@H]1c1ccc(C)cc1. The second-order valence-corrected chi connectivity index (χ2v) is 6.77. The number of H-pyrrole nitrogens is 1. The van der Waals surface area contributed by atoms with Crippen LogP contribution in [0, 0.1) is 12.8 Å². The highest BCUT2D eigenvalue weighted by Gasteiger charge is 2.34. The highest BCUT2D eigenvalue weighted by molar-refractivity contribution is 5.87. The smallest absolute Gasteiger partial charge is 0.133 e. The number of ketones is 1. The second kappa shape index (κ2) is 5.38. The van der Waals surface area contributed by atoms with E-state index in [1.807, 2.05) is 0 Å². The van der Waals surface area contributed by atoms with Crippen molar-refractivity contribution in [3.05, 3.63) is 70.9 Å². The Morgan fingerprint density at radius 2 is 1.78 bits per heavy atom. The molecule has 0 bridgehead atoms. The molecule has 0 amide bonds. The molecule has 0 aliphatic heterocycles. The molecule has 1 aromatic heterocycles. The van der Waals surface area contributed by atoms with Crippen molar-refractivity contribution in [2.75, 3.05) is 0 Å². The minimum atomic E-state index is 0.0735. The molecule has 1 heterocycles. The van der Waals surface area contributed by atoms with Gasteiger partial charge in [0.2, 0.25) is 0 Å². The van der Waals surface area contributed by atoms with Gasteiger partial charge in [0.1, 0.15) is 5.78 Å². The summed E-state index contributed by atoms with van der Waals surface area (Å²) in [6, 6.07) is 17.1. The largest absolute Gasteiger partial charge is 0.358 e. The van der Waals surface area contributed by atoms with E-state index in [0.29, 0.717) is 5.78 Å². The quantitative estimate of drug-likeness (QED) is 0.739. The summed E-state index contributed by atoms with van der Waals surface area (Å²) in [5.74, 6) is 0.643. The fourth-order valence-corrected chi connectivity index (χ4v) is 3.98.